The summed E-state index contributed by atoms with van der Waals surface area (Å²) in [5.74, 6) is 2.35. The van der Waals surface area contributed by atoms with E-state index in [1.54, 1.807) is 5.57 Å². The molecule has 14 heavy (non-hydrogen) atoms. The fraction of sp³-hybridized carbons (Fsp3) is 0.714. The van der Waals surface area contributed by atoms with Crippen LogP contribution in [0.5, 0.6) is 0 Å². The SMILES string of the molecule is CCCCC(C)C1C=CC=C(C)C1C. The molecule has 3 unspecified atom stereocenters. The van der Waals surface area contributed by atoms with E-state index >= 15 is 0 Å². The summed E-state index contributed by atoms with van der Waals surface area (Å²) < 4.78 is 0. The molecule has 0 aliphatic heterocycles. The highest BCUT2D eigenvalue weighted by Gasteiger charge is 2.23. The smallest absolute Gasteiger partial charge is 0.0142 e. The van der Waals surface area contributed by atoms with E-state index in [0.717, 1.165) is 17.8 Å². The highest BCUT2D eigenvalue weighted by Crippen LogP contribution is 2.33. The molecule has 0 saturated carbocycles. The van der Waals surface area contributed by atoms with Crippen LogP contribution >= 0.6 is 0 Å². The topological polar surface area (TPSA) is 0 Å². The van der Waals surface area contributed by atoms with Crippen LogP contribution in [0, 0.1) is 17.8 Å². The molecule has 0 aromatic heterocycles. The molecule has 1 aliphatic carbocycles. The van der Waals surface area contributed by atoms with Crippen LogP contribution in [0.2, 0.25) is 0 Å². The number of rotatable bonds is 4. The van der Waals surface area contributed by atoms with E-state index in [1.807, 2.05) is 0 Å². The lowest BCUT2D eigenvalue weighted by Gasteiger charge is -2.30. The van der Waals surface area contributed by atoms with E-state index in [-0.39, 0.29) is 0 Å². The van der Waals surface area contributed by atoms with Crippen molar-refractivity contribution in [2.24, 2.45) is 17.8 Å². The molecular weight excluding hydrogens is 168 g/mol. The van der Waals surface area contributed by atoms with Crippen molar-refractivity contribution in [1.29, 1.82) is 0 Å². The van der Waals surface area contributed by atoms with Gasteiger partial charge in [-0.3, -0.25) is 0 Å². The maximum absolute atomic E-state index is 2.40. The Bertz CT molecular complexity index is 222. The van der Waals surface area contributed by atoms with E-state index < -0.39 is 0 Å². The van der Waals surface area contributed by atoms with Gasteiger partial charge in [-0.1, -0.05) is 63.8 Å². The molecule has 0 saturated heterocycles. The molecule has 0 aromatic rings. The van der Waals surface area contributed by atoms with Gasteiger partial charge in [0.05, 0.1) is 0 Å². The van der Waals surface area contributed by atoms with Crippen molar-refractivity contribution in [2.45, 2.75) is 47.0 Å². The van der Waals surface area contributed by atoms with E-state index in [2.05, 4.69) is 45.9 Å². The van der Waals surface area contributed by atoms with E-state index in [1.165, 1.54) is 19.3 Å². The number of allylic oxidation sites excluding steroid dienone is 4. The summed E-state index contributed by atoms with van der Waals surface area (Å²) in [5, 5.41) is 0. The Morgan fingerprint density at radius 3 is 2.79 bits per heavy atom. The Morgan fingerprint density at radius 1 is 1.43 bits per heavy atom. The van der Waals surface area contributed by atoms with Crippen molar-refractivity contribution < 1.29 is 0 Å². The molecule has 0 bridgehead atoms. The molecule has 1 aliphatic rings. The van der Waals surface area contributed by atoms with Crippen LogP contribution in [0.25, 0.3) is 0 Å². The fourth-order valence-corrected chi connectivity index (χ4v) is 2.36. The Kier molecular flexibility index (Phi) is 4.44. The highest BCUT2D eigenvalue weighted by atomic mass is 14.3. The summed E-state index contributed by atoms with van der Waals surface area (Å²) in [5.41, 5.74) is 1.54. The molecule has 80 valence electrons. The minimum Gasteiger partial charge on any atom is -0.0806 e. The molecule has 0 heterocycles. The first-order valence-electron chi connectivity index (χ1n) is 6.01. The van der Waals surface area contributed by atoms with Crippen LogP contribution in [0.4, 0.5) is 0 Å². The third kappa shape index (κ3) is 2.73. The maximum atomic E-state index is 2.40. The second-order valence-corrected chi connectivity index (χ2v) is 4.78. The monoisotopic (exact) mass is 192 g/mol. The minimum absolute atomic E-state index is 0.742. The van der Waals surface area contributed by atoms with Gasteiger partial charge in [-0.25, -0.2) is 0 Å². The summed E-state index contributed by atoms with van der Waals surface area (Å²) in [6, 6.07) is 0. The first-order chi connectivity index (χ1) is 6.66. The first-order valence-corrected chi connectivity index (χ1v) is 6.01. The van der Waals surface area contributed by atoms with Gasteiger partial charge in [-0.05, 0) is 24.7 Å². The second-order valence-electron chi connectivity index (χ2n) is 4.78. The maximum Gasteiger partial charge on any atom is -0.0142 e. The van der Waals surface area contributed by atoms with Crippen LogP contribution in [0.1, 0.15) is 47.0 Å². The van der Waals surface area contributed by atoms with Gasteiger partial charge in [-0.2, -0.15) is 0 Å². The van der Waals surface area contributed by atoms with E-state index in [0.29, 0.717) is 0 Å². The minimum atomic E-state index is 0.742. The van der Waals surface area contributed by atoms with Crippen LogP contribution in [0.3, 0.4) is 0 Å². The van der Waals surface area contributed by atoms with Crippen molar-refractivity contribution in [3.63, 3.8) is 0 Å². The van der Waals surface area contributed by atoms with Gasteiger partial charge in [0.15, 0.2) is 0 Å². The molecule has 0 fully saturated rings. The quantitative estimate of drug-likeness (QED) is 0.611. The average Bonchev–Trinajstić information content (AvgIpc) is 2.18. The van der Waals surface area contributed by atoms with Crippen molar-refractivity contribution in [1.82, 2.24) is 0 Å². The normalized spacial score (nSPS) is 28.7. The third-order valence-electron chi connectivity index (χ3n) is 3.66. The molecule has 0 amide bonds. The standard InChI is InChI=1S/C14H24/c1-5-6-8-12(3)14-10-7-9-11(2)13(14)4/h7,9-10,12-14H,5-6,8H2,1-4H3. The summed E-state index contributed by atoms with van der Waals surface area (Å²) in [7, 11) is 0. The summed E-state index contributed by atoms with van der Waals surface area (Å²) >= 11 is 0. The van der Waals surface area contributed by atoms with Crippen molar-refractivity contribution in [3.8, 4) is 0 Å². The third-order valence-corrected chi connectivity index (χ3v) is 3.66. The van der Waals surface area contributed by atoms with Crippen LogP contribution < -0.4 is 0 Å². The van der Waals surface area contributed by atoms with Gasteiger partial charge >= 0.3 is 0 Å². The Labute approximate surface area is 89.1 Å². The lowest BCUT2D eigenvalue weighted by molar-refractivity contribution is 0.319. The molecule has 0 spiro atoms. The van der Waals surface area contributed by atoms with E-state index in [4.69, 9.17) is 0 Å². The molecule has 0 N–H and O–H groups in total. The summed E-state index contributed by atoms with van der Waals surface area (Å²) in [4.78, 5) is 0. The van der Waals surface area contributed by atoms with Gasteiger partial charge in [0.25, 0.3) is 0 Å². The second kappa shape index (κ2) is 5.38. The summed E-state index contributed by atoms with van der Waals surface area (Å²) in [6.07, 6.45) is 11.0. The van der Waals surface area contributed by atoms with Crippen LogP contribution in [0.15, 0.2) is 23.8 Å². The average molecular weight is 192 g/mol. The fourth-order valence-electron chi connectivity index (χ4n) is 2.36. The molecule has 0 radical (unpaired) electrons. The van der Waals surface area contributed by atoms with Crippen molar-refractivity contribution in [3.05, 3.63) is 23.8 Å². The van der Waals surface area contributed by atoms with Gasteiger partial charge in [0.1, 0.15) is 0 Å². The molecule has 0 aromatic carbocycles. The van der Waals surface area contributed by atoms with Crippen LogP contribution in [-0.4, -0.2) is 0 Å². The predicted molar refractivity (Wildman–Crippen MR) is 64.2 cm³/mol. The highest BCUT2D eigenvalue weighted by molar-refractivity contribution is 5.21. The molecule has 3 atom stereocenters. The lowest BCUT2D eigenvalue weighted by Crippen LogP contribution is -2.20. The van der Waals surface area contributed by atoms with Crippen molar-refractivity contribution >= 4 is 0 Å². The Hall–Kier alpha value is -0.520. The molecule has 1 rings (SSSR count). The van der Waals surface area contributed by atoms with E-state index in [9.17, 15) is 0 Å². The number of unbranched alkanes of at least 4 members (excludes halogenated alkanes) is 1. The predicted octanol–water partition coefficient (Wildman–Crippen LogP) is 4.58. The molecule has 0 nitrogen and oxygen atoms in total. The molecular formula is C14H24. The van der Waals surface area contributed by atoms with Gasteiger partial charge in [0, 0.05) is 0 Å². The number of hydrogen-bond acceptors (Lipinski definition) is 0. The summed E-state index contributed by atoms with van der Waals surface area (Å²) in [6.45, 7) is 9.30. The number of hydrogen-bond donors (Lipinski definition) is 0. The van der Waals surface area contributed by atoms with Gasteiger partial charge in [0.2, 0.25) is 0 Å². The largest absolute Gasteiger partial charge is 0.0806 e. The zero-order valence-electron chi connectivity index (χ0n) is 10.1. The van der Waals surface area contributed by atoms with Crippen LogP contribution in [-0.2, 0) is 0 Å². The molecule has 0 heteroatoms. The van der Waals surface area contributed by atoms with Gasteiger partial charge < -0.3 is 0 Å². The Balaban J connectivity index is 2.52. The van der Waals surface area contributed by atoms with Crippen molar-refractivity contribution in [2.75, 3.05) is 0 Å². The zero-order chi connectivity index (χ0) is 10.6. The first kappa shape index (κ1) is 11.6. The Morgan fingerprint density at radius 2 is 2.14 bits per heavy atom. The van der Waals surface area contributed by atoms with Gasteiger partial charge in [-0.15, -0.1) is 0 Å². The lowest BCUT2D eigenvalue weighted by atomic mass is 9.75. The zero-order valence-corrected chi connectivity index (χ0v) is 10.1.